The molecule has 2 aromatic carbocycles. The minimum Gasteiger partial charge on any atom is -0.361 e. The van der Waals surface area contributed by atoms with Crippen molar-refractivity contribution in [2.75, 3.05) is 5.32 Å². The van der Waals surface area contributed by atoms with Crippen LogP contribution in [0, 0.1) is 0 Å². The predicted octanol–water partition coefficient (Wildman–Crippen LogP) is 3.17. The maximum atomic E-state index is 12.7. The van der Waals surface area contributed by atoms with Gasteiger partial charge in [0, 0.05) is 57.9 Å². The fourth-order valence-electron chi connectivity index (χ4n) is 3.86. The highest BCUT2D eigenvalue weighted by atomic mass is 16.2. The molecule has 0 spiro atoms. The Hall–Kier alpha value is -4.13. The van der Waals surface area contributed by atoms with Crippen molar-refractivity contribution in [1.29, 1.82) is 0 Å². The third kappa shape index (κ3) is 2.63. The van der Waals surface area contributed by atoms with Crippen LogP contribution in [0.15, 0.2) is 54.9 Å². The molecule has 1 aliphatic heterocycles. The quantitative estimate of drug-likeness (QED) is 0.408. The zero-order valence-corrected chi connectivity index (χ0v) is 15.4. The van der Waals surface area contributed by atoms with Gasteiger partial charge in [-0.25, -0.2) is 0 Å². The van der Waals surface area contributed by atoms with Crippen LogP contribution in [0.2, 0.25) is 0 Å². The second-order valence-electron chi connectivity index (χ2n) is 6.93. The molecule has 0 radical (unpaired) electrons. The molecule has 4 N–H and O–H groups in total. The minimum absolute atomic E-state index is 0.166. The molecule has 5 rings (SSSR count). The van der Waals surface area contributed by atoms with Crippen LogP contribution in [-0.2, 0) is 14.4 Å². The van der Waals surface area contributed by atoms with Crippen molar-refractivity contribution in [2.45, 2.75) is 6.92 Å². The van der Waals surface area contributed by atoms with E-state index >= 15 is 0 Å². The van der Waals surface area contributed by atoms with Crippen molar-refractivity contribution < 1.29 is 14.4 Å². The Bertz CT molecular complexity index is 1370. The Labute approximate surface area is 164 Å². The van der Waals surface area contributed by atoms with E-state index in [0.717, 1.165) is 21.8 Å². The van der Waals surface area contributed by atoms with Gasteiger partial charge in [-0.1, -0.05) is 24.3 Å². The smallest absolute Gasteiger partial charge is 0.259 e. The van der Waals surface area contributed by atoms with Crippen molar-refractivity contribution in [3.8, 4) is 0 Å². The Kier molecular flexibility index (Phi) is 3.64. The van der Waals surface area contributed by atoms with E-state index in [-0.39, 0.29) is 5.91 Å². The first kappa shape index (κ1) is 17.0. The van der Waals surface area contributed by atoms with E-state index in [1.807, 2.05) is 30.3 Å². The summed E-state index contributed by atoms with van der Waals surface area (Å²) in [6, 6.07) is 13.0. The Morgan fingerprint density at radius 3 is 2.14 bits per heavy atom. The number of fused-ring (bicyclic) bond motifs is 2. The number of hydrogen-bond acceptors (Lipinski definition) is 3. The molecule has 0 bridgehead atoms. The van der Waals surface area contributed by atoms with Gasteiger partial charge in [-0.2, -0.15) is 0 Å². The molecule has 3 heterocycles. The Morgan fingerprint density at radius 2 is 1.45 bits per heavy atom. The van der Waals surface area contributed by atoms with Gasteiger partial charge in [-0.3, -0.25) is 19.7 Å². The number of rotatable bonds is 3. The normalized spacial score (nSPS) is 14.1. The molecule has 0 unspecified atom stereocenters. The monoisotopic (exact) mass is 384 g/mol. The molecule has 29 heavy (non-hydrogen) atoms. The first-order valence-electron chi connectivity index (χ1n) is 9.08. The van der Waals surface area contributed by atoms with Crippen LogP contribution >= 0.6 is 0 Å². The van der Waals surface area contributed by atoms with Crippen LogP contribution in [0.5, 0.6) is 0 Å². The molecule has 7 heteroatoms. The lowest BCUT2D eigenvalue weighted by Gasteiger charge is -2.04. The van der Waals surface area contributed by atoms with Gasteiger partial charge in [0.05, 0.1) is 11.1 Å². The minimum atomic E-state index is -0.429. The number of para-hydroxylation sites is 1. The third-order valence-electron chi connectivity index (χ3n) is 5.06. The summed E-state index contributed by atoms with van der Waals surface area (Å²) in [5.74, 6) is -1.01. The van der Waals surface area contributed by atoms with Gasteiger partial charge in [-0.05, 0) is 18.2 Å². The fraction of sp³-hybridized carbons (Fsp3) is 0.0455. The molecule has 1 aliphatic rings. The first-order chi connectivity index (χ1) is 14.0. The van der Waals surface area contributed by atoms with Crippen molar-refractivity contribution in [2.24, 2.45) is 0 Å². The molecule has 0 saturated heterocycles. The number of anilines is 1. The van der Waals surface area contributed by atoms with E-state index in [9.17, 15) is 14.4 Å². The Balaban J connectivity index is 1.73. The molecular formula is C22H16N4O3. The third-order valence-corrected chi connectivity index (χ3v) is 5.06. The highest BCUT2D eigenvalue weighted by molar-refractivity contribution is 6.50. The van der Waals surface area contributed by atoms with E-state index in [1.54, 1.807) is 24.5 Å². The number of carbonyl (C=O) groups excluding carboxylic acids is 3. The van der Waals surface area contributed by atoms with E-state index in [1.165, 1.54) is 6.92 Å². The number of H-pyrrole nitrogens is 2. The zero-order valence-electron chi connectivity index (χ0n) is 15.4. The molecule has 142 valence electrons. The molecule has 3 amide bonds. The van der Waals surface area contributed by atoms with Gasteiger partial charge < -0.3 is 15.3 Å². The average molecular weight is 384 g/mol. The molecule has 4 aromatic rings. The lowest BCUT2D eigenvalue weighted by molar-refractivity contribution is -0.123. The fourth-order valence-corrected chi connectivity index (χ4v) is 3.86. The van der Waals surface area contributed by atoms with E-state index < -0.39 is 11.8 Å². The van der Waals surface area contributed by atoms with Crippen molar-refractivity contribution in [3.63, 3.8) is 0 Å². The van der Waals surface area contributed by atoms with Crippen LogP contribution in [0.1, 0.15) is 18.1 Å². The largest absolute Gasteiger partial charge is 0.361 e. The molecule has 7 nitrogen and oxygen atoms in total. The molecule has 0 fully saturated rings. The average Bonchev–Trinajstić information content (AvgIpc) is 3.35. The molecular weight excluding hydrogens is 368 g/mol. The summed E-state index contributed by atoms with van der Waals surface area (Å²) in [5, 5.41) is 6.82. The van der Waals surface area contributed by atoms with E-state index in [2.05, 4.69) is 20.6 Å². The second kappa shape index (κ2) is 6.20. The molecule has 2 aromatic heterocycles. The second-order valence-corrected chi connectivity index (χ2v) is 6.93. The number of nitrogens with one attached hydrogen (secondary N) is 4. The van der Waals surface area contributed by atoms with Crippen LogP contribution in [0.3, 0.4) is 0 Å². The summed E-state index contributed by atoms with van der Waals surface area (Å²) in [4.78, 5) is 43.0. The van der Waals surface area contributed by atoms with Gasteiger partial charge in [0.25, 0.3) is 11.8 Å². The summed E-state index contributed by atoms with van der Waals surface area (Å²) >= 11 is 0. The van der Waals surface area contributed by atoms with Crippen molar-refractivity contribution in [3.05, 3.63) is 66.0 Å². The number of aromatic amines is 2. The first-order valence-corrected chi connectivity index (χ1v) is 9.08. The Morgan fingerprint density at radius 1 is 0.828 bits per heavy atom. The van der Waals surface area contributed by atoms with Crippen LogP contribution in [0.4, 0.5) is 5.69 Å². The summed E-state index contributed by atoms with van der Waals surface area (Å²) in [6.07, 6.45) is 3.46. The number of imide groups is 1. The van der Waals surface area contributed by atoms with Crippen LogP contribution in [-0.4, -0.2) is 27.7 Å². The summed E-state index contributed by atoms with van der Waals surface area (Å²) < 4.78 is 0. The SMILES string of the molecule is CC(=O)Nc1ccc2c(C3=C(c4c[nH]c5ccccc45)C(=O)NC3=O)c[nH]c2c1. The van der Waals surface area contributed by atoms with Crippen LogP contribution in [0.25, 0.3) is 33.0 Å². The topological polar surface area (TPSA) is 107 Å². The number of amides is 3. The number of benzene rings is 2. The number of hydrogen-bond donors (Lipinski definition) is 4. The van der Waals surface area contributed by atoms with Crippen molar-refractivity contribution >= 4 is 56.4 Å². The highest BCUT2D eigenvalue weighted by Gasteiger charge is 2.34. The lowest BCUT2D eigenvalue weighted by atomic mass is 9.95. The molecule has 0 aliphatic carbocycles. The summed E-state index contributed by atoms with van der Waals surface area (Å²) in [7, 11) is 0. The highest BCUT2D eigenvalue weighted by Crippen LogP contribution is 2.37. The van der Waals surface area contributed by atoms with Crippen LogP contribution < -0.4 is 10.6 Å². The molecule has 0 atom stereocenters. The summed E-state index contributed by atoms with van der Waals surface area (Å²) in [5.41, 5.74) is 4.29. The van der Waals surface area contributed by atoms with Gasteiger partial charge >= 0.3 is 0 Å². The van der Waals surface area contributed by atoms with Gasteiger partial charge in [0.1, 0.15) is 0 Å². The number of carbonyl (C=O) groups is 3. The zero-order chi connectivity index (χ0) is 20.1. The maximum absolute atomic E-state index is 12.7. The van der Waals surface area contributed by atoms with Crippen molar-refractivity contribution in [1.82, 2.24) is 15.3 Å². The maximum Gasteiger partial charge on any atom is 0.259 e. The summed E-state index contributed by atoms with van der Waals surface area (Å²) in [6.45, 7) is 1.44. The van der Waals surface area contributed by atoms with Gasteiger partial charge in [0.15, 0.2) is 0 Å². The van der Waals surface area contributed by atoms with E-state index in [4.69, 9.17) is 0 Å². The predicted molar refractivity (Wildman–Crippen MR) is 111 cm³/mol. The van der Waals surface area contributed by atoms with Gasteiger partial charge in [-0.15, -0.1) is 0 Å². The molecule has 0 saturated carbocycles. The standard InChI is InChI=1S/C22H16N4O3/c1-11(27)25-12-6-7-14-16(10-24-18(14)8-12)20-19(21(28)26-22(20)29)15-9-23-17-5-3-2-4-13(15)17/h2-10,23-24H,1H3,(H,25,27)(H,26,28,29). The van der Waals surface area contributed by atoms with Gasteiger partial charge in [0.2, 0.25) is 5.91 Å². The number of aromatic nitrogens is 2. The lowest BCUT2D eigenvalue weighted by Crippen LogP contribution is -2.22. The van der Waals surface area contributed by atoms with E-state index in [0.29, 0.717) is 28.0 Å².